The number of rotatable bonds is 5. The molecule has 1 heterocycles. The Hall–Kier alpha value is -1.39. The fourth-order valence-electron chi connectivity index (χ4n) is 1.03. The van der Waals surface area contributed by atoms with Crippen LogP contribution < -0.4 is 10.1 Å². The van der Waals surface area contributed by atoms with Gasteiger partial charge in [-0.15, -0.1) is 0 Å². The molecule has 15 heavy (non-hydrogen) atoms. The molecule has 0 amide bonds. The van der Waals surface area contributed by atoms with E-state index in [9.17, 15) is 8.78 Å². The largest absolute Gasteiger partial charge is 0.473 e. The average Bonchev–Trinajstić information content (AvgIpc) is 2.15. The summed E-state index contributed by atoms with van der Waals surface area (Å²) >= 11 is 0. The van der Waals surface area contributed by atoms with Gasteiger partial charge in [-0.1, -0.05) is 0 Å². The van der Waals surface area contributed by atoms with E-state index in [0.717, 1.165) is 0 Å². The fraction of sp³-hybridized carbons (Fsp3) is 0.500. The zero-order valence-electron chi connectivity index (χ0n) is 8.71. The van der Waals surface area contributed by atoms with Gasteiger partial charge in [-0.2, -0.15) is 0 Å². The van der Waals surface area contributed by atoms with Gasteiger partial charge in [-0.25, -0.2) is 13.8 Å². The Morgan fingerprint density at radius 2 is 2.20 bits per heavy atom. The number of alkyl halides is 2. The molecule has 0 aromatic carbocycles. The van der Waals surface area contributed by atoms with Gasteiger partial charge in [0, 0.05) is 6.20 Å². The molecule has 1 rings (SSSR count). The molecule has 1 aromatic heterocycles. The van der Waals surface area contributed by atoms with E-state index in [0.29, 0.717) is 11.6 Å². The molecule has 0 aliphatic rings. The van der Waals surface area contributed by atoms with Crippen molar-refractivity contribution in [1.29, 1.82) is 0 Å². The van der Waals surface area contributed by atoms with Crippen molar-refractivity contribution in [3.63, 3.8) is 0 Å². The maximum Gasteiger partial charge on any atom is 0.255 e. The van der Waals surface area contributed by atoms with E-state index in [1.165, 1.54) is 0 Å². The van der Waals surface area contributed by atoms with Crippen molar-refractivity contribution in [1.82, 2.24) is 4.98 Å². The summed E-state index contributed by atoms with van der Waals surface area (Å²) in [5.41, 5.74) is 0.492. The van der Waals surface area contributed by atoms with E-state index in [1.54, 1.807) is 18.3 Å². The summed E-state index contributed by atoms with van der Waals surface area (Å²) in [6.07, 6.45) is -0.866. The molecule has 84 valence electrons. The van der Waals surface area contributed by atoms with E-state index in [2.05, 4.69) is 10.3 Å². The number of nitrogens with zero attached hydrogens (tertiary/aromatic N) is 1. The van der Waals surface area contributed by atoms with Crippen LogP contribution in [0.1, 0.15) is 13.8 Å². The van der Waals surface area contributed by atoms with Crippen molar-refractivity contribution in [2.75, 3.05) is 11.9 Å². The summed E-state index contributed by atoms with van der Waals surface area (Å²) in [4.78, 5) is 3.97. The second kappa shape index (κ2) is 5.48. The zero-order valence-corrected chi connectivity index (χ0v) is 8.71. The van der Waals surface area contributed by atoms with E-state index in [4.69, 9.17) is 4.74 Å². The van der Waals surface area contributed by atoms with Crippen molar-refractivity contribution in [2.24, 2.45) is 0 Å². The number of nitrogens with one attached hydrogen (secondary N) is 1. The molecule has 0 bridgehead atoms. The van der Waals surface area contributed by atoms with Crippen molar-refractivity contribution in [3.05, 3.63) is 18.3 Å². The zero-order chi connectivity index (χ0) is 11.3. The Balaban J connectivity index is 2.68. The third kappa shape index (κ3) is 4.10. The molecule has 0 aliphatic heterocycles. The number of anilines is 1. The molecule has 1 N–H and O–H groups in total. The molecule has 0 saturated heterocycles. The number of halogens is 2. The molecule has 1 aromatic rings. The lowest BCUT2D eigenvalue weighted by atomic mass is 10.4. The van der Waals surface area contributed by atoms with Crippen LogP contribution in [-0.2, 0) is 0 Å². The Labute approximate surface area is 87.5 Å². The minimum absolute atomic E-state index is 0.0352. The summed E-state index contributed by atoms with van der Waals surface area (Å²) < 4.78 is 29.3. The first kappa shape index (κ1) is 11.7. The first-order valence-electron chi connectivity index (χ1n) is 4.73. The lowest BCUT2D eigenvalue weighted by molar-refractivity contribution is 0.163. The van der Waals surface area contributed by atoms with Crippen molar-refractivity contribution < 1.29 is 13.5 Å². The topological polar surface area (TPSA) is 34.1 Å². The maximum absolute atomic E-state index is 12.0. The maximum atomic E-state index is 12.0. The fourth-order valence-corrected chi connectivity index (χ4v) is 1.03. The van der Waals surface area contributed by atoms with Crippen LogP contribution in [0.5, 0.6) is 5.88 Å². The highest BCUT2D eigenvalue weighted by atomic mass is 19.3. The average molecular weight is 216 g/mol. The molecule has 0 fully saturated rings. The third-order valence-corrected chi connectivity index (χ3v) is 1.57. The number of hydrogen-bond acceptors (Lipinski definition) is 3. The third-order valence-electron chi connectivity index (χ3n) is 1.57. The van der Waals surface area contributed by atoms with Gasteiger partial charge in [0.15, 0.2) is 0 Å². The van der Waals surface area contributed by atoms with Crippen molar-refractivity contribution in [3.8, 4) is 5.88 Å². The summed E-state index contributed by atoms with van der Waals surface area (Å²) in [6.45, 7) is 3.30. The van der Waals surface area contributed by atoms with Crippen LogP contribution in [0.25, 0.3) is 0 Å². The predicted octanol–water partition coefficient (Wildman–Crippen LogP) is 2.55. The standard InChI is InChI=1S/C10H14F2N2O/c1-7(2)15-10-8(4-3-5-13-10)14-6-9(11)12/h3-5,7,9,14H,6H2,1-2H3. The smallest absolute Gasteiger partial charge is 0.255 e. The van der Waals surface area contributed by atoms with Crippen molar-refractivity contribution in [2.45, 2.75) is 26.4 Å². The number of pyridine rings is 1. The highest BCUT2D eigenvalue weighted by Gasteiger charge is 2.08. The highest BCUT2D eigenvalue weighted by molar-refractivity contribution is 5.52. The summed E-state index contributed by atoms with van der Waals surface area (Å²) in [5, 5.41) is 2.58. The number of ether oxygens (including phenoxy) is 1. The lowest BCUT2D eigenvalue weighted by Gasteiger charge is -2.13. The number of hydrogen-bond donors (Lipinski definition) is 1. The van der Waals surface area contributed by atoms with Gasteiger partial charge in [0.1, 0.15) is 0 Å². The minimum atomic E-state index is -2.39. The van der Waals surface area contributed by atoms with Gasteiger partial charge in [-0.3, -0.25) is 0 Å². The van der Waals surface area contributed by atoms with E-state index in [1.807, 2.05) is 13.8 Å². The van der Waals surface area contributed by atoms with E-state index in [-0.39, 0.29) is 6.10 Å². The van der Waals surface area contributed by atoms with Crippen LogP contribution in [0, 0.1) is 0 Å². The molecule has 3 nitrogen and oxygen atoms in total. The molecule has 0 aliphatic carbocycles. The van der Waals surface area contributed by atoms with Gasteiger partial charge in [-0.05, 0) is 26.0 Å². The van der Waals surface area contributed by atoms with E-state index >= 15 is 0 Å². The quantitative estimate of drug-likeness (QED) is 0.821. The van der Waals surface area contributed by atoms with Crippen LogP contribution in [0.15, 0.2) is 18.3 Å². The van der Waals surface area contributed by atoms with Crippen LogP contribution >= 0.6 is 0 Å². The monoisotopic (exact) mass is 216 g/mol. The Bertz CT molecular complexity index is 305. The van der Waals surface area contributed by atoms with Gasteiger partial charge < -0.3 is 10.1 Å². The molecule has 0 spiro atoms. The molecule has 5 heteroatoms. The normalized spacial score (nSPS) is 10.8. The minimum Gasteiger partial charge on any atom is -0.473 e. The first-order chi connectivity index (χ1) is 7.09. The predicted molar refractivity (Wildman–Crippen MR) is 54.5 cm³/mol. The molecule has 0 radical (unpaired) electrons. The van der Waals surface area contributed by atoms with Gasteiger partial charge in [0.05, 0.1) is 18.3 Å². The second-order valence-electron chi connectivity index (χ2n) is 3.29. The Morgan fingerprint density at radius 3 is 2.80 bits per heavy atom. The highest BCUT2D eigenvalue weighted by Crippen LogP contribution is 2.21. The second-order valence-corrected chi connectivity index (χ2v) is 3.29. The SMILES string of the molecule is CC(C)Oc1ncccc1NCC(F)F. The summed E-state index contributed by atoms with van der Waals surface area (Å²) in [7, 11) is 0. The van der Waals surface area contributed by atoms with Crippen LogP contribution in [0.2, 0.25) is 0 Å². The molecular formula is C10H14F2N2O. The number of aromatic nitrogens is 1. The summed E-state index contributed by atoms with van der Waals surface area (Å²) in [5.74, 6) is 0.355. The van der Waals surface area contributed by atoms with Gasteiger partial charge in [0.2, 0.25) is 5.88 Å². The van der Waals surface area contributed by atoms with Gasteiger partial charge in [0.25, 0.3) is 6.43 Å². The molecular weight excluding hydrogens is 202 g/mol. The van der Waals surface area contributed by atoms with Crippen molar-refractivity contribution >= 4 is 5.69 Å². The Morgan fingerprint density at radius 1 is 1.47 bits per heavy atom. The van der Waals surface area contributed by atoms with Crippen LogP contribution in [0.4, 0.5) is 14.5 Å². The van der Waals surface area contributed by atoms with E-state index < -0.39 is 13.0 Å². The molecule has 0 atom stereocenters. The van der Waals surface area contributed by atoms with Crippen LogP contribution in [0.3, 0.4) is 0 Å². The Kier molecular flexibility index (Phi) is 4.27. The van der Waals surface area contributed by atoms with Crippen LogP contribution in [-0.4, -0.2) is 24.1 Å². The summed E-state index contributed by atoms with van der Waals surface area (Å²) in [6, 6.07) is 3.33. The molecule has 0 saturated carbocycles. The molecule has 0 unspecified atom stereocenters. The first-order valence-corrected chi connectivity index (χ1v) is 4.73. The van der Waals surface area contributed by atoms with Gasteiger partial charge >= 0.3 is 0 Å². The lowest BCUT2D eigenvalue weighted by Crippen LogP contribution is -2.13.